The van der Waals surface area contributed by atoms with Crippen molar-refractivity contribution in [3.63, 3.8) is 0 Å². The number of aryl methyl sites for hydroxylation is 4. The van der Waals surface area contributed by atoms with Crippen molar-refractivity contribution in [1.82, 2.24) is 0 Å². The van der Waals surface area contributed by atoms with Crippen molar-refractivity contribution in [3.05, 3.63) is 178 Å². The zero-order valence-corrected chi connectivity index (χ0v) is 24.7. The first-order valence-corrected chi connectivity index (χ1v) is 14.8. The first kappa shape index (κ1) is 26.0. The molecule has 0 amide bonds. The largest absolute Gasteiger partial charge is 0.355 e. The first-order valence-electron chi connectivity index (χ1n) is 14.8. The summed E-state index contributed by atoms with van der Waals surface area (Å²) in [6, 6.07) is 49.5. The van der Waals surface area contributed by atoms with Gasteiger partial charge in [-0.05, 0) is 119 Å². The second-order valence-electron chi connectivity index (χ2n) is 11.7. The molecule has 0 saturated carbocycles. The summed E-state index contributed by atoms with van der Waals surface area (Å²) in [6.45, 7) is 8.74. The van der Waals surface area contributed by atoms with E-state index in [0.717, 1.165) is 11.4 Å². The average Bonchev–Trinajstić information content (AvgIpc) is 3.03. The van der Waals surface area contributed by atoms with E-state index in [1.165, 1.54) is 66.8 Å². The second-order valence-corrected chi connectivity index (χ2v) is 11.7. The summed E-state index contributed by atoms with van der Waals surface area (Å²) < 4.78 is 0. The summed E-state index contributed by atoms with van der Waals surface area (Å²) in [6.07, 6.45) is 0. The van der Waals surface area contributed by atoms with Crippen molar-refractivity contribution in [2.24, 2.45) is 0 Å². The van der Waals surface area contributed by atoms with E-state index in [2.05, 4.69) is 166 Å². The molecule has 6 aromatic carbocycles. The highest BCUT2D eigenvalue weighted by molar-refractivity contribution is 5.86. The van der Waals surface area contributed by atoms with Crippen LogP contribution in [-0.2, 0) is 5.41 Å². The first-order chi connectivity index (χ1) is 20.4. The molecular formula is C41H35N. The molecule has 1 N–H and O–H groups in total. The Kier molecular flexibility index (Phi) is 6.32. The number of hydrogen-bond donors (Lipinski definition) is 1. The number of anilines is 2. The van der Waals surface area contributed by atoms with Crippen molar-refractivity contribution in [2.45, 2.75) is 33.1 Å². The van der Waals surface area contributed by atoms with Crippen LogP contribution >= 0.6 is 0 Å². The summed E-state index contributed by atoms with van der Waals surface area (Å²) in [5.41, 5.74) is 17.0. The number of fused-ring (bicyclic) bond motifs is 2. The van der Waals surface area contributed by atoms with Crippen LogP contribution in [0.25, 0.3) is 22.3 Å². The molecule has 42 heavy (non-hydrogen) atoms. The van der Waals surface area contributed by atoms with Crippen LogP contribution in [0.5, 0.6) is 0 Å². The lowest BCUT2D eigenvalue weighted by atomic mass is 9.62. The van der Waals surface area contributed by atoms with E-state index in [4.69, 9.17) is 0 Å². The van der Waals surface area contributed by atoms with Crippen molar-refractivity contribution in [3.8, 4) is 22.3 Å². The number of nitrogens with one attached hydrogen (secondary N) is 1. The Balaban J connectivity index is 1.56. The van der Waals surface area contributed by atoms with E-state index < -0.39 is 5.41 Å². The van der Waals surface area contributed by atoms with Gasteiger partial charge in [0.05, 0.1) is 5.41 Å². The Bertz CT molecular complexity index is 1790. The van der Waals surface area contributed by atoms with E-state index in [1.807, 2.05) is 0 Å². The maximum Gasteiger partial charge on any atom is 0.0742 e. The highest BCUT2D eigenvalue weighted by Crippen LogP contribution is 2.55. The SMILES string of the molecule is Cc1ccc(-c2ccc3c(c2)C(c2ccccc2)(c2ccccc2)c2cc(-c4ccc(C)c(C)c4)ccc2N3)cc1C. The van der Waals surface area contributed by atoms with Crippen LogP contribution in [0.15, 0.2) is 133 Å². The standard InChI is InChI=1S/C41H35N/c1-27-15-17-31(23-29(27)3)33-19-21-39-37(25-33)41(35-11-7-5-8-12-35,36-13-9-6-10-14-36)38-26-34(20-22-40(38)42-39)32-18-16-28(2)30(4)24-32/h5-26,42H,1-4H3. The monoisotopic (exact) mass is 541 g/mol. The molecule has 0 atom stereocenters. The normalized spacial score (nSPS) is 13.1. The molecule has 0 saturated heterocycles. The lowest BCUT2D eigenvalue weighted by molar-refractivity contribution is 0.741. The van der Waals surface area contributed by atoms with E-state index >= 15 is 0 Å². The Morgan fingerprint density at radius 1 is 0.381 bits per heavy atom. The fourth-order valence-corrected chi connectivity index (χ4v) is 6.58. The molecule has 0 aromatic heterocycles. The van der Waals surface area contributed by atoms with Crippen molar-refractivity contribution in [2.75, 3.05) is 5.32 Å². The van der Waals surface area contributed by atoms with Crippen LogP contribution in [-0.4, -0.2) is 0 Å². The van der Waals surface area contributed by atoms with E-state index in [0.29, 0.717) is 0 Å². The number of rotatable bonds is 4. The van der Waals surface area contributed by atoms with Crippen LogP contribution in [0.2, 0.25) is 0 Å². The Labute approximate surface area is 249 Å². The lowest BCUT2D eigenvalue weighted by Gasteiger charge is -2.43. The van der Waals surface area contributed by atoms with Crippen LogP contribution in [0.1, 0.15) is 44.5 Å². The topological polar surface area (TPSA) is 12.0 Å². The Hall–Kier alpha value is -4.88. The molecule has 0 spiro atoms. The zero-order chi connectivity index (χ0) is 28.8. The molecule has 1 heterocycles. The molecule has 1 aliphatic rings. The van der Waals surface area contributed by atoms with Crippen molar-refractivity contribution in [1.29, 1.82) is 0 Å². The van der Waals surface area contributed by atoms with Gasteiger partial charge in [-0.2, -0.15) is 0 Å². The molecular weight excluding hydrogens is 506 g/mol. The van der Waals surface area contributed by atoms with Gasteiger partial charge >= 0.3 is 0 Å². The van der Waals surface area contributed by atoms with Gasteiger partial charge in [0.1, 0.15) is 0 Å². The molecule has 6 aromatic rings. The molecule has 1 heteroatoms. The summed E-state index contributed by atoms with van der Waals surface area (Å²) in [5, 5.41) is 3.83. The van der Waals surface area contributed by atoms with Crippen molar-refractivity contribution >= 4 is 11.4 Å². The Morgan fingerprint density at radius 2 is 0.762 bits per heavy atom. The van der Waals surface area contributed by atoms with E-state index in [-0.39, 0.29) is 0 Å². The molecule has 204 valence electrons. The minimum atomic E-state index is -0.510. The molecule has 0 fully saturated rings. The maximum atomic E-state index is 3.83. The van der Waals surface area contributed by atoms with Crippen LogP contribution in [0, 0.1) is 27.7 Å². The predicted octanol–water partition coefficient (Wildman–Crippen LogP) is 10.7. The number of hydrogen-bond acceptors (Lipinski definition) is 1. The van der Waals surface area contributed by atoms with Gasteiger partial charge in [0, 0.05) is 11.4 Å². The summed E-state index contributed by atoms with van der Waals surface area (Å²) in [7, 11) is 0. The zero-order valence-electron chi connectivity index (χ0n) is 24.7. The average molecular weight is 542 g/mol. The molecule has 0 bridgehead atoms. The van der Waals surface area contributed by atoms with Crippen LogP contribution < -0.4 is 5.32 Å². The highest BCUT2D eigenvalue weighted by atomic mass is 14.9. The van der Waals surface area contributed by atoms with Gasteiger partial charge in [-0.25, -0.2) is 0 Å². The van der Waals surface area contributed by atoms with Crippen LogP contribution in [0.3, 0.4) is 0 Å². The predicted molar refractivity (Wildman–Crippen MR) is 178 cm³/mol. The Morgan fingerprint density at radius 3 is 1.17 bits per heavy atom. The third-order valence-electron chi connectivity index (χ3n) is 9.21. The second kappa shape index (κ2) is 10.2. The molecule has 0 unspecified atom stereocenters. The molecule has 7 rings (SSSR count). The molecule has 0 aliphatic carbocycles. The minimum absolute atomic E-state index is 0.510. The van der Waals surface area contributed by atoms with Crippen molar-refractivity contribution < 1.29 is 0 Å². The fourth-order valence-electron chi connectivity index (χ4n) is 6.58. The van der Waals surface area contributed by atoms with Gasteiger partial charge in [-0.3, -0.25) is 0 Å². The molecule has 1 nitrogen and oxygen atoms in total. The molecule has 1 aliphatic heterocycles. The minimum Gasteiger partial charge on any atom is -0.355 e. The molecule has 0 radical (unpaired) electrons. The van der Waals surface area contributed by atoms with Crippen LogP contribution in [0.4, 0.5) is 11.4 Å². The van der Waals surface area contributed by atoms with Gasteiger partial charge in [0.15, 0.2) is 0 Å². The third kappa shape index (κ3) is 4.16. The van der Waals surface area contributed by atoms with Gasteiger partial charge in [-0.1, -0.05) is 109 Å². The summed E-state index contributed by atoms with van der Waals surface area (Å²) in [4.78, 5) is 0. The lowest BCUT2D eigenvalue weighted by Crippen LogP contribution is -2.35. The highest BCUT2D eigenvalue weighted by Gasteiger charge is 2.44. The fraction of sp³-hybridized carbons (Fsp3) is 0.122. The summed E-state index contributed by atoms with van der Waals surface area (Å²) >= 11 is 0. The number of benzene rings is 6. The quantitative estimate of drug-likeness (QED) is 0.234. The van der Waals surface area contributed by atoms with E-state index in [1.54, 1.807) is 0 Å². The maximum absolute atomic E-state index is 3.83. The summed E-state index contributed by atoms with van der Waals surface area (Å²) in [5.74, 6) is 0. The third-order valence-corrected chi connectivity index (χ3v) is 9.21. The van der Waals surface area contributed by atoms with Gasteiger partial charge in [0.2, 0.25) is 0 Å². The van der Waals surface area contributed by atoms with E-state index in [9.17, 15) is 0 Å². The van der Waals surface area contributed by atoms with Gasteiger partial charge in [0.25, 0.3) is 0 Å². The smallest absolute Gasteiger partial charge is 0.0742 e. The van der Waals surface area contributed by atoms with Gasteiger partial charge in [-0.15, -0.1) is 0 Å². The van der Waals surface area contributed by atoms with Gasteiger partial charge < -0.3 is 5.32 Å².